The van der Waals surface area contributed by atoms with Crippen LogP contribution in [0, 0.1) is 11.3 Å². The average Bonchev–Trinajstić information content (AvgIpc) is 2.94. The molecule has 3 rings (SSSR count). The molecule has 2 aromatic rings. The van der Waals surface area contributed by atoms with Crippen LogP contribution < -0.4 is 10.6 Å². The second-order valence-corrected chi connectivity index (χ2v) is 6.13. The highest BCUT2D eigenvalue weighted by atomic mass is 16.2. The monoisotopic (exact) mass is 322 g/mol. The number of hydrogen-bond acceptors (Lipinski definition) is 3. The van der Waals surface area contributed by atoms with Crippen LogP contribution in [0.4, 0.5) is 5.69 Å². The number of nitriles is 1. The van der Waals surface area contributed by atoms with Crippen molar-refractivity contribution < 1.29 is 9.59 Å². The highest BCUT2D eigenvalue weighted by Crippen LogP contribution is 2.35. The fourth-order valence-electron chi connectivity index (χ4n) is 3.07. The molecule has 0 spiro atoms. The number of aromatic amines is 1. The lowest BCUT2D eigenvalue weighted by Gasteiger charge is -2.41. The Kier molecular flexibility index (Phi) is 4.09. The minimum absolute atomic E-state index is 0.148. The predicted molar refractivity (Wildman–Crippen MR) is 91.2 cm³/mol. The van der Waals surface area contributed by atoms with E-state index >= 15 is 0 Å². The largest absolute Gasteiger partial charge is 0.360 e. The number of benzene rings is 1. The summed E-state index contributed by atoms with van der Waals surface area (Å²) >= 11 is 0. The predicted octanol–water partition coefficient (Wildman–Crippen LogP) is 2.59. The van der Waals surface area contributed by atoms with Crippen molar-refractivity contribution >= 4 is 28.4 Å². The molecule has 1 aromatic carbocycles. The summed E-state index contributed by atoms with van der Waals surface area (Å²) in [5.74, 6) is -0.398. The Morgan fingerprint density at radius 3 is 2.83 bits per heavy atom. The van der Waals surface area contributed by atoms with Gasteiger partial charge in [0.2, 0.25) is 11.8 Å². The zero-order valence-corrected chi connectivity index (χ0v) is 13.2. The summed E-state index contributed by atoms with van der Waals surface area (Å²) in [5.41, 5.74) is 1.56. The molecule has 1 aliphatic rings. The third-order valence-electron chi connectivity index (χ3n) is 4.47. The molecule has 0 bridgehead atoms. The minimum atomic E-state index is -0.458. The lowest BCUT2D eigenvalue weighted by atomic mass is 9.74. The van der Waals surface area contributed by atoms with Gasteiger partial charge in [0.1, 0.15) is 6.07 Å². The maximum Gasteiger partial charge on any atom is 0.243 e. The van der Waals surface area contributed by atoms with E-state index in [9.17, 15) is 9.59 Å². The van der Waals surface area contributed by atoms with Gasteiger partial charge in [-0.05, 0) is 43.5 Å². The van der Waals surface area contributed by atoms with Gasteiger partial charge in [0.05, 0.1) is 12.0 Å². The van der Waals surface area contributed by atoms with Crippen LogP contribution in [0.15, 0.2) is 37.1 Å². The van der Waals surface area contributed by atoms with Crippen molar-refractivity contribution in [3.05, 3.63) is 42.6 Å². The van der Waals surface area contributed by atoms with Crippen LogP contribution in [0.1, 0.15) is 31.2 Å². The summed E-state index contributed by atoms with van der Waals surface area (Å²) in [6, 6.07) is 7.48. The van der Waals surface area contributed by atoms with Crippen molar-refractivity contribution in [2.24, 2.45) is 0 Å². The molecule has 6 heteroatoms. The fourth-order valence-corrected chi connectivity index (χ4v) is 3.07. The molecule has 2 amide bonds. The quantitative estimate of drug-likeness (QED) is 0.738. The maximum absolute atomic E-state index is 12.3. The highest BCUT2D eigenvalue weighted by Gasteiger charge is 2.39. The maximum atomic E-state index is 12.3. The van der Waals surface area contributed by atoms with Crippen molar-refractivity contribution in [1.29, 1.82) is 5.26 Å². The summed E-state index contributed by atoms with van der Waals surface area (Å²) < 4.78 is 0. The Morgan fingerprint density at radius 2 is 2.21 bits per heavy atom. The molecule has 3 N–H and O–H groups in total. The summed E-state index contributed by atoms with van der Waals surface area (Å²) in [4.78, 5) is 26.9. The Labute approximate surface area is 139 Å². The number of rotatable bonds is 5. The molecule has 24 heavy (non-hydrogen) atoms. The van der Waals surface area contributed by atoms with Gasteiger partial charge in [0.25, 0.3) is 0 Å². The van der Waals surface area contributed by atoms with Gasteiger partial charge in [-0.2, -0.15) is 5.26 Å². The number of aromatic nitrogens is 1. The molecule has 0 aliphatic heterocycles. The van der Waals surface area contributed by atoms with E-state index in [-0.39, 0.29) is 18.2 Å². The first-order valence-electron chi connectivity index (χ1n) is 7.81. The first-order chi connectivity index (χ1) is 11.5. The number of carbonyl (C=O) groups excluding carboxylic acids is 2. The summed E-state index contributed by atoms with van der Waals surface area (Å²) in [7, 11) is 0. The molecule has 1 saturated carbocycles. The number of nitrogens with zero attached hydrogens (tertiary/aromatic N) is 1. The van der Waals surface area contributed by atoms with Crippen molar-refractivity contribution in [3.63, 3.8) is 0 Å². The zero-order chi connectivity index (χ0) is 17.2. The van der Waals surface area contributed by atoms with E-state index in [0.29, 0.717) is 11.3 Å². The van der Waals surface area contributed by atoms with E-state index in [4.69, 9.17) is 5.26 Å². The summed E-state index contributed by atoms with van der Waals surface area (Å²) in [6.07, 6.45) is 5.69. The molecule has 0 unspecified atom stereocenters. The lowest BCUT2D eigenvalue weighted by Crippen LogP contribution is -2.54. The van der Waals surface area contributed by atoms with Gasteiger partial charge in [0, 0.05) is 28.3 Å². The normalized spacial score (nSPS) is 15.1. The second kappa shape index (κ2) is 6.20. The van der Waals surface area contributed by atoms with Gasteiger partial charge >= 0.3 is 0 Å². The number of carbonyl (C=O) groups is 2. The SMILES string of the molecule is C=CC(=O)NC1(CC(=O)Nc2ccc3c(C#N)c[nH]c3c2)CCC1. The molecule has 6 nitrogen and oxygen atoms in total. The van der Waals surface area contributed by atoms with E-state index in [1.807, 2.05) is 0 Å². The molecule has 1 fully saturated rings. The Balaban J connectivity index is 1.69. The molecule has 122 valence electrons. The zero-order valence-electron chi connectivity index (χ0n) is 13.2. The lowest BCUT2D eigenvalue weighted by molar-refractivity contribution is -0.122. The van der Waals surface area contributed by atoms with Gasteiger partial charge in [-0.15, -0.1) is 0 Å². The van der Waals surface area contributed by atoms with Crippen LogP contribution >= 0.6 is 0 Å². The standard InChI is InChI=1S/C18H18N4O2/c1-2-16(23)22-18(6-3-7-18)9-17(24)21-13-4-5-14-12(10-19)11-20-15(14)8-13/h2,4-5,8,11,20H,1,3,6-7,9H2,(H,21,24)(H,22,23). The third kappa shape index (κ3) is 3.01. The number of nitrogens with one attached hydrogen (secondary N) is 3. The Morgan fingerprint density at radius 1 is 1.42 bits per heavy atom. The fraction of sp³-hybridized carbons (Fsp3) is 0.278. The Bertz CT molecular complexity index is 856. The molecule has 1 aliphatic carbocycles. The van der Waals surface area contributed by atoms with Crippen LogP contribution in [-0.4, -0.2) is 22.3 Å². The van der Waals surface area contributed by atoms with E-state index < -0.39 is 5.54 Å². The van der Waals surface area contributed by atoms with E-state index in [2.05, 4.69) is 28.3 Å². The Hall–Kier alpha value is -3.07. The van der Waals surface area contributed by atoms with Gasteiger partial charge in [-0.25, -0.2) is 0 Å². The van der Waals surface area contributed by atoms with Crippen LogP contribution in [0.25, 0.3) is 10.9 Å². The third-order valence-corrected chi connectivity index (χ3v) is 4.47. The summed E-state index contributed by atoms with van der Waals surface area (Å²) in [6.45, 7) is 3.45. The first-order valence-corrected chi connectivity index (χ1v) is 7.81. The molecule has 0 radical (unpaired) electrons. The van der Waals surface area contributed by atoms with Gasteiger partial charge in [-0.1, -0.05) is 6.58 Å². The molecule has 1 aromatic heterocycles. The van der Waals surface area contributed by atoms with Crippen LogP contribution in [0.2, 0.25) is 0 Å². The van der Waals surface area contributed by atoms with E-state index in [1.54, 1.807) is 24.4 Å². The molecular weight excluding hydrogens is 304 g/mol. The van der Waals surface area contributed by atoms with Gasteiger partial charge in [-0.3, -0.25) is 9.59 Å². The van der Waals surface area contributed by atoms with E-state index in [1.165, 1.54) is 6.08 Å². The van der Waals surface area contributed by atoms with Crippen molar-refractivity contribution in [1.82, 2.24) is 10.3 Å². The smallest absolute Gasteiger partial charge is 0.243 e. The van der Waals surface area contributed by atoms with Gasteiger partial charge < -0.3 is 15.6 Å². The number of amides is 2. The van der Waals surface area contributed by atoms with E-state index in [0.717, 1.165) is 30.2 Å². The highest BCUT2D eigenvalue weighted by molar-refractivity contribution is 5.96. The van der Waals surface area contributed by atoms with Crippen LogP contribution in [-0.2, 0) is 9.59 Å². The molecule has 0 atom stereocenters. The minimum Gasteiger partial charge on any atom is -0.360 e. The van der Waals surface area contributed by atoms with Crippen molar-refractivity contribution in [2.45, 2.75) is 31.2 Å². The van der Waals surface area contributed by atoms with Crippen molar-refractivity contribution in [3.8, 4) is 6.07 Å². The second-order valence-electron chi connectivity index (χ2n) is 6.13. The topological polar surface area (TPSA) is 97.8 Å². The number of fused-ring (bicyclic) bond motifs is 1. The number of H-pyrrole nitrogens is 1. The molecule has 0 saturated heterocycles. The molecular formula is C18H18N4O2. The number of hydrogen-bond donors (Lipinski definition) is 3. The van der Waals surface area contributed by atoms with Gasteiger partial charge in [0.15, 0.2) is 0 Å². The van der Waals surface area contributed by atoms with Crippen LogP contribution in [0.3, 0.4) is 0 Å². The first kappa shape index (κ1) is 15.8. The van der Waals surface area contributed by atoms with Crippen LogP contribution in [0.5, 0.6) is 0 Å². The molecule has 1 heterocycles. The van der Waals surface area contributed by atoms with Crippen molar-refractivity contribution in [2.75, 3.05) is 5.32 Å². The number of anilines is 1. The summed E-state index contributed by atoms with van der Waals surface area (Å²) in [5, 5.41) is 15.6. The average molecular weight is 322 g/mol.